The highest BCUT2D eigenvalue weighted by atomic mass is 16.7. The Kier molecular flexibility index (Phi) is 17.3. The first-order valence-electron chi connectivity index (χ1n) is 13.2. The zero-order chi connectivity index (χ0) is 26.1. The van der Waals surface area contributed by atoms with Crippen LogP contribution >= 0.6 is 0 Å². The molecule has 0 aliphatic heterocycles. The maximum atomic E-state index is 9.01. The quantitative estimate of drug-likeness (QED) is 0.350. The zero-order valence-corrected chi connectivity index (χ0v) is 23.6. The highest BCUT2D eigenvalue weighted by Crippen LogP contribution is 2.22. The molecule has 3 unspecified atom stereocenters. The van der Waals surface area contributed by atoms with E-state index in [1.807, 2.05) is 31.2 Å². The highest BCUT2D eigenvalue weighted by molar-refractivity contribution is 5.29. The number of hydrogen-bond acceptors (Lipinski definition) is 3. The lowest BCUT2D eigenvalue weighted by molar-refractivity contribution is -0.0755. The molecule has 0 spiro atoms. The van der Waals surface area contributed by atoms with Gasteiger partial charge in [-0.2, -0.15) is 0 Å². The van der Waals surface area contributed by atoms with Crippen molar-refractivity contribution in [1.82, 2.24) is 0 Å². The van der Waals surface area contributed by atoms with E-state index in [9.17, 15) is 0 Å². The number of phenols is 1. The lowest BCUT2D eigenvalue weighted by Gasteiger charge is -2.17. The van der Waals surface area contributed by atoms with E-state index in [1.165, 1.54) is 17.5 Å². The molecule has 3 atom stereocenters. The molecule has 0 heterocycles. The first kappa shape index (κ1) is 32.0. The summed E-state index contributed by atoms with van der Waals surface area (Å²) < 4.78 is 11.3. The van der Waals surface area contributed by atoms with Crippen LogP contribution in [0.4, 0.5) is 0 Å². The summed E-state index contributed by atoms with van der Waals surface area (Å²) in [7, 11) is 0. The molecular weight excluding hydrogens is 420 g/mol. The fourth-order valence-corrected chi connectivity index (χ4v) is 2.70. The van der Waals surface area contributed by atoms with Crippen molar-refractivity contribution < 1.29 is 14.6 Å². The molecule has 0 fully saturated rings. The van der Waals surface area contributed by atoms with Crippen molar-refractivity contribution in [3.8, 4) is 11.5 Å². The topological polar surface area (TPSA) is 38.7 Å². The van der Waals surface area contributed by atoms with Gasteiger partial charge >= 0.3 is 0 Å². The molecule has 3 heteroatoms. The van der Waals surface area contributed by atoms with Gasteiger partial charge in [0, 0.05) is 0 Å². The number of ether oxygens (including phenoxy) is 2. The van der Waals surface area contributed by atoms with Gasteiger partial charge in [0.05, 0.1) is 6.61 Å². The Balaban J connectivity index is 0.000000575. The van der Waals surface area contributed by atoms with Gasteiger partial charge < -0.3 is 14.6 Å². The SMILES string of the molecule is CCC(C)C.CCC(C)c1ccc(O)cc1.CCC(C)c1ccc(OC(C)OCC(C)C)cc1. The molecule has 0 aliphatic carbocycles. The monoisotopic (exact) mass is 472 g/mol. The molecule has 2 rings (SSSR count). The molecule has 3 nitrogen and oxygen atoms in total. The van der Waals surface area contributed by atoms with Crippen molar-refractivity contribution in [3.63, 3.8) is 0 Å². The van der Waals surface area contributed by atoms with Crippen LogP contribution in [0.15, 0.2) is 48.5 Å². The largest absolute Gasteiger partial charge is 0.508 e. The van der Waals surface area contributed by atoms with Gasteiger partial charge in [-0.25, -0.2) is 0 Å². The summed E-state index contributed by atoms with van der Waals surface area (Å²) in [6.45, 7) is 22.4. The van der Waals surface area contributed by atoms with Crippen molar-refractivity contribution in [2.45, 2.75) is 107 Å². The van der Waals surface area contributed by atoms with E-state index >= 15 is 0 Å². The van der Waals surface area contributed by atoms with Gasteiger partial charge in [-0.15, -0.1) is 0 Å². The van der Waals surface area contributed by atoms with E-state index in [4.69, 9.17) is 14.6 Å². The van der Waals surface area contributed by atoms with Crippen LogP contribution < -0.4 is 4.74 Å². The summed E-state index contributed by atoms with van der Waals surface area (Å²) in [5, 5.41) is 9.01. The number of aromatic hydroxyl groups is 1. The third kappa shape index (κ3) is 15.0. The Morgan fingerprint density at radius 2 is 1.03 bits per heavy atom. The average Bonchev–Trinajstić information content (AvgIpc) is 2.83. The molecule has 2 aromatic rings. The molecule has 0 saturated carbocycles. The Labute approximate surface area is 210 Å². The molecule has 0 radical (unpaired) electrons. The van der Waals surface area contributed by atoms with Crippen LogP contribution in [0, 0.1) is 11.8 Å². The maximum Gasteiger partial charge on any atom is 0.196 e. The van der Waals surface area contributed by atoms with Gasteiger partial charge in [-0.1, -0.05) is 93.0 Å². The van der Waals surface area contributed by atoms with Crippen molar-refractivity contribution in [2.24, 2.45) is 11.8 Å². The van der Waals surface area contributed by atoms with Crippen LogP contribution in [0.2, 0.25) is 0 Å². The van der Waals surface area contributed by atoms with E-state index in [0.29, 0.717) is 23.5 Å². The lowest BCUT2D eigenvalue weighted by atomic mass is 9.99. The maximum absolute atomic E-state index is 9.01. The van der Waals surface area contributed by atoms with E-state index < -0.39 is 0 Å². The fraction of sp³-hybridized carbons (Fsp3) is 0.613. The Hall–Kier alpha value is -2.00. The van der Waals surface area contributed by atoms with Crippen LogP contribution in [-0.2, 0) is 4.74 Å². The molecule has 0 bridgehead atoms. The summed E-state index contributed by atoms with van der Waals surface area (Å²) in [5.74, 6) is 3.83. The van der Waals surface area contributed by atoms with Gasteiger partial charge in [0.25, 0.3) is 0 Å². The second kappa shape index (κ2) is 18.3. The fourth-order valence-electron chi connectivity index (χ4n) is 2.70. The molecule has 34 heavy (non-hydrogen) atoms. The third-order valence-electron chi connectivity index (χ3n) is 5.92. The second-order valence-electron chi connectivity index (χ2n) is 9.99. The first-order valence-corrected chi connectivity index (χ1v) is 13.2. The Morgan fingerprint density at radius 1 is 0.618 bits per heavy atom. The van der Waals surface area contributed by atoms with Crippen LogP contribution in [0.3, 0.4) is 0 Å². The summed E-state index contributed by atoms with van der Waals surface area (Å²) in [5.41, 5.74) is 2.66. The Bertz CT molecular complexity index is 719. The van der Waals surface area contributed by atoms with E-state index in [0.717, 1.165) is 31.1 Å². The van der Waals surface area contributed by atoms with Gasteiger partial charge in [0.1, 0.15) is 11.5 Å². The molecule has 0 aromatic heterocycles. The highest BCUT2D eigenvalue weighted by Gasteiger charge is 2.07. The number of rotatable bonds is 10. The predicted octanol–water partition coefficient (Wildman–Crippen LogP) is 9.56. The minimum Gasteiger partial charge on any atom is -0.508 e. The van der Waals surface area contributed by atoms with Gasteiger partial charge in [0.15, 0.2) is 6.29 Å². The third-order valence-corrected chi connectivity index (χ3v) is 5.92. The summed E-state index contributed by atoms with van der Waals surface area (Å²) in [4.78, 5) is 0. The van der Waals surface area contributed by atoms with Crippen molar-refractivity contribution in [2.75, 3.05) is 6.61 Å². The predicted molar refractivity (Wildman–Crippen MR) is 148 cm³/mol. The zero-order valence-electron chi connectivity index (χ0n) is 23.6. The summed E-state index contributed by atoms with van der Waals surface area (Å²) in [6.07, 6.45) is 3.42. The standard InChI is InChI=1S/C16H26O2.C10H14O.C5H12/c1-6-13(4)15-7-9-16(10-8-15)18-14(5)17-11-12(2)3;1-3-8(2)9-4-6-10(11)7-5-9;1-4-5(2)3/h7-10,12-14H,6,11H2,1-5H3;4-8,11H,3H2,1-2H3;5H,4H2,1-3H3. The average molecular weight is 473 g/mol. The van der Waals surface area contributed by atoms with Crippen molar-refractivity contribution in [1.29, 1.82) is 0 Å². The van der Waals surface area contributed by atoms with Gasteiger partial charge in [-0.3, -0.25) is 0 Å². The van der Waals surface area contributed by atoms with Crippen molar-refractivity contribution in [3.05, 3.63) is 59.7 Å². The smallest absolute Gasteiger partial charge is 0.196 e. The van der Waals surface area contributed by atoms with E-state index in [2.05, 4.69) is 74.4 Å². The minimum absolute atomic E-state index is 0.193. The normalized spacial score (nSPS) is 13.3. The second-order valence-corrected chi connectivity index (χ2v) is 9.99. The Morgan fingerprint density at radius 3 is 1.38 bits per heavy atom. The molecule has 1 N–H and O–H groups in total. The van der Waals surface area contributed by atoms with E-state index in [1.54, 1.807) is 12.1 Å². The molecular formula is C31H52O3. The first-order chi connectivity index (χ1) is 16.0. The lowest BCUT2D eigenvalue weighted by Crippen LogP contribution is -2.19. The van der Waals surface area contributed by atoms with Crippen LogP contribution in [-0.4, -0.2) is 18.0 Å². The molecule has 0 aliphatic rings. The van der Waals surface area contributed by atoms with Gasteiger partial charge in [-0.05, 0) is 78.8 Å². The number of hydrogen-bond donors (Lipinski definition) is 1. The number of benzene rings is 2. The van der Waals surface area contributed by atoms with E-state index in [-0.39, 0.29) is 6.29 Å². The summed E-state index contributed by atoms with van der Waals surface area (Å²) in [6, 6.07) is 15.8. The van der Waals surface area contributed by atoms with Gasteiger partial charge in [0.2, 0.25) is 0 Å². The van der Waals surface area contributed by atoms with Crippen LogP contribution in [0.1, 0.15) is 111 Å². The van der Waals surface area contributed by atoms with Crippen LogP contribution in [0.5, 0.6) is 11.5 Å². The molecule has 0 saturated heterocycles. The van der Waals surface area contributed by atoms with Crippen LogP contribution in [0.25, 0.3) is 0 Å². The molecule has 2 aromatic carbocycles. The minimum atomic E-state index is -0.193. The molecule has 0 amide bonds. The summed E-state index contributed by atoms with van der Waals surface area (Å²) >= 11 is 0. The number of phenolic OH excluding ortho intramolecular Hbond substituents is 1. The molecule has 194 valence electrons. The van der Waals surface area contributed by atoms with Crippen molar-refractivity contribution >= 4 is 0 Å².